The van der Waals surface area contributed by atoms with Crippen molar-refractivity contribution in [3.05, 3.63) is 71.3 Å². The maximum absolute atomic E-state index is 12.4. The zero-order valence-electron chi connectivity index (χ0n) is 15.8. The van der Waals surface area contributed by atoms with Gasteiger partial charge in [-0.3, -0.25) is 4.79 Å². The summed E-state index contributed by atoms with van der Waals surface area (Å²) in [5, 5.41) is 11.2. The van der Waals surface area contributed by atoms with E-state index in [1.165, 1.54) is 0 Å². The van der Waals surface area contributed by atoms with Crippen LogP contribution in [0.4, 0.5) is 5.69 Å². The van der Waals surface area contributed by atoms with E-state index in [-0.39, 0.29) is 18.7 Å². The molecule has 1 heterocycles. The highest BCUT2D eigenvalue weighted by Gasteiger charge is 2.33. The van der Waals surface area contributed by atoms with Crippen molar-refractivity contribution in [1.29, 1.82) is 5.26 Å². The van der Waals surface area contributed by atoms with Gasteiger partial charge in [-0.25, -0.2) is 0 Å². The Morgan fingerprint density at radius 3 is 2.71 bits per heavy atom. The van der Waals surface area contributed by atoms with Gasteiger partial charge in [0.1, 0.15) is 5.75 Å². The Kier molecular flexibility index (Phi) is 4.72. The van der Waals surface area contributed by atoms with E-state index < -0.39 is 0 Å². The largest absolute Gasteiger partial charge is 0.468 e. The van der Waals surface area contributed by atoms with E-state index in [0.717, 1.165) is 33.3 Å². The van der Waals surface area contributed by atoms with Crippen molar-refractivity contribution < 1.29 is 14.3 Å². The van der Waals surface area contributed by atoms with Gasteiger partial charge in [-0.05, 0) is 64.7 Å². The molecule has 4 rings (SSSR count). The Morgan fingerprint density at radius 2 is 1.96 bits per heavy atom. The smallest absolute Gasteiger partial charge is 0.224 e. The molecule has 0 fully saturated rings. The fourth-order valence-electron chi connectivity index (χ4n) is 3.84. The van der Waals surface area contributed by atoms with Gasteiger partial charge in [0, 0.05) is 19.7 Å². The number of rotatable bonds is 4. The number of carbonyl (C=O) groups excluding carboxylic acids is 1. The second-order valence-corrected chi connectivity index (χ2v) is 6.88. The van der Waals surface area contributed by atoms with Crippen LogP contribution in [0.25, 0.3) is 10.8 Å². The van der Waals surface area contributed by atoms with Gasteiger partial charge < -0.3 is 14.4 Å². The zero-order valence-corrected chi connectivity index (χ0v) is 15.8. The maximum atomic E-state index is 12.4. The van der Waals surface area contributed by atoms with E-state index in [2.05, 4.69) is 18.2 Å². The van der Waals surface area contributed by atoms with Crippen LogP contribution in [0.1, 0.15) is 29.7 Å². The number of methoxy groups -OCH3 is 1. The molecule has 1 atom stereocenters. The number of ether oxygens (including phenoxy) is 2. The van der Waals surface area contributed by atoms with Crippen LogP contribution in [0, 0.1) is 11.3 Å². The van der Waals surface area contributed by atoms with Crippen LogP contribution < -0.4 is 9.64 Å². The third-order valence-electron chi connectivity index (χ3n) is 5.10. The molecule has 0 spiro atoms. The van der Waals surface area contributed by atoms with E-state index in [9.17, 15) is 10.1 Å². The first-order valence-corrected chi connectivity index (χ1v) is 9.09. The summed E-state index contributed by atoms with van der Waals surface area (Å²) in [6, 6.07) is 19.7. The van der Waals surface area contributed by atoms with E-state index in [1.807, 2.05) is 47.4 Å². The van der Waals surface area contributed by atoms with Crippen LogP contribution in [0.3, 0.4) is 0 Å². The molecular weight excluding hydrogens is 352 g/mol. The first-order chi connectivity index (χ1) is 13.6. The van der Waals surface area contributed by atoms with Gasteiger partial charge in [0.05, 0.1) is 17.7 Å². The van der Waals surface area contributed by atoms with Gasteiger partial charge in [0.25, 0.3) is 0 Å². The third kappa shape index (κ3) is 3.19. The highest BCUT2D eigenvalue weighted by molar-refractivity contribution is 5.95. The van der Waals surface area contributed by atoms with Crippen molar-refractivity contribution in [2.24, 2.45) is 0 Å². The number of amides is 1. The fourth-order valence-corrected chi connectivity index (χ4v) is 3.84. The maximum Gasteiger partial charge on any atom is 0.224 e. The second-order valence-electron chi connectivity index (χ2n) is 6.88. The Labute approximate surface area is 163 Å². The van der Waals surface area contributed by atoms with Gasteiger partial charge in [-0.1, -0.05) is 18.2 Å². The highest BCUT2D eigenvalue weighted by atomic mass is 16.7. The predicted molar refractivity (Wildman–Crippen MR) is 107 cm³/mol. The first kappa shape index (κ1) is 18.0. The molecule has 0 aliphatic carbocycles. The molecule has 1 amide bonds. The molecule has 0 radical (unpaired) electrons. The minimum atomic E-state index is -0.0830. The summed E-state index contributed by atoms with van der Waals surface area (Å²) in [5.41, 5.74) is 3.66. The van der Waals surface area contributed by atoms with Crippen molar-refractivity contribution in [1.82, 2.24) is 0 Å². The SMILES string of the molecule is COCOc1ccc2c(c1)CC(c1ccc3ccc(C#N)cc3c1)N2C(C)=O. The van der Waals surface area contributed by atoms with Crippen LogP contribution in [0.2, 0.25) is 0 Å². The molecule has 5 nitrogen and oxygen atoms in total. The topological polar surface area (TPSA) is 62.6 Å². The zero-order chi connectivity index (χ0) is 19.7. The van der Waals surface area contributed by atoms with E-state index in [4.69, 9.17) is 9.47 Å². The summed E-state index contributed by atoms with van der Waals surface area (Å²) in [6.07, 6.45) is 0.711. The van der Waals surface area contributed by atoms with Crippen LogP contribution >= 0.6 is 0 Å². The van der Waals surface area contributed by atoms with Gasteiger partial charge in [-0.15, -0.1) is 0 Å². The minimum absolute atomic E-state index is 0.000169. The highest BCUT2D eigenvalue weighted by Crippen LogP contribution is 2.42. The Balaban J connectivity index is 1.73. The molecule has 0 saturated carbocycles. The summed E-state index contributed by atoms with van der Waals surface area (Å²) < 4.78 is 10.5. The number of nitrogens with zero attached hydrogens (tertiary/aromatic N) is 2. The molecule has 3 aromatic carbocycles. The quantitative estimate of drug-likeness (QED) is 0.639. The molecule has 28 heavy (non-hydrogen) atoms. The lowest BCUT2D eigenvalue weighted by Crippen LogP contribution is -2.29. The summed E-state index contributed by atoms with van der Waals surface area (Å²) >= 11 is 0. The molecule has 1 aliphatic rings. The fraction of sp³-hybridized carbons (Fsp3) is 0.217. The van der Waals surface area contributed by atoms with Gasteiger partial charge in [0.15, 0.2) is 6.79 Å². The Morgan fingerprint density at radius 1 is 1.14 bits per heavy atom. The molecule has 0 aromatic heterocycles. The monoisotopic (exact) mass is 372 g/mol. The van der Waals surface area contributed by atoms with E-state index in [1.54, 1.807) is 14.0 Å². The molecule has 5 heteroatoms. The van der Waals surface area contributed by atoms with Gasteiger partial charge in [0.2, 0.25) is 5.91 Å². The third-order valence-corrected chi connectivity index (χ3v) is 5.10. The number of carbonyl (C=O) groups is 1. The van der Waals surface area contributed by atoms with Gasteiger partial charge in [-0.2, -0.15) is 5.26 Å². The predicted octanol–water partition coefficient (Wildman–Crippen LogP) is 4.34. The molecule has 0 N–H and O–H groups in total. The molecular formula is C23H20N2O3. The Bertz CT molecular complexity index is 1100. The van der Waals surface area contributed by atoms with Crippen LogP contribution in [0.5, 0.6) is 5.75 Å². The number of hydrogen-bond acceptors (Lipinski definition) is 4. The lowest BCUT2D eigenvalue weighted by molar-refractivity contribution is -0.116. The number of fused-ring (bicyclic) bond motifs is 2. The molecule has 3 aromatic rings. The minimum Gasteiger partial charge on any atom is -0.468 e. The normalized spacial score (nSPS) is 15.3. The van der Waals surface area contributed by atoms with Crippen LogP contribution in [0.15, 0.2) is 54.6 Å². The second kappa shape index (κ2) is 7.34. The van der Waals surface area contributed by atoms with Crippen molar-refractivity contribution in [3.8, 4) is 11.8 Å². The number of benzene rings is 3. The average Bonchev–Trinajstić information content (AvgIpc) is 3.10. The van der Waals surface area contributed by atoms with Crippen LogP contribution in [-0.2, 0) is 16.0 Å². The first-order valence-electron chi connectivity index (χ1n) is 9.09. The van der Waals surface area contributed by atoms with Crippen molar-refractivity contribution in [2.45, 2.75) is 19.4 Å². The lowest BCUT2D eigenvalue weighted by Gasteiger charge is -2.25. The standard InChI is InChI=1S/C23H20N2O3/c1-15(26)25-22-8-7-21(28-14-27-2)11-20(22)12-23(25)18-6-5-17-4-3-16(13-24)9-19(17)10-18/h3-11,23H,12,14H2,1-2H3. The van der Waals surface area contributed by atoms with Crippen LogP contribution in [-0.4, -0.2) is 19.8 Å². The Hall–Kier alpha value is -3.36. The number of hydrogen-bond donors (Lipinski definition) is 0. The van der Waals surface area contributed by atoms with Crippen molar-refractivity contribution in [3.63, 3.8) is 0 Å². The number of nitriles is 1. The average molecular weight is 372 g/mol. The summed E-state index contributed by atoms with van der Waals surface area (Å²) in [7, 11) is 1.58. The van der Waals surface area contributed by atoms with E-state index in [0.29, 0.717) is 12.0 Å². The lowest BCUT2D eigenvalue weighted by atomic mass is 9.98. The van der Waals surface area contributed by atoms with Gasteiger partial charge >= 0.3 is 0 Å². The van der Waals surface area contributed by atoms with Crippen molar-refractivity contribution in [2.75, 3.05) is 18.8 Å². The summed E-state index contributed by atoms with van der Waals surface area (Å²) in [6.45, 7) is 1.77. The molecule has 140 valence electrons. The molecule has 1 aliphatic heterocycles. The molecule has 0 bridgehead atoms. The molecule has 1 unspecified atom stereocenters. The summed E-state index contributed by atoms with van der Waals surface area (Å²) in [4.78, 5) is 14.3. The van der Waals surface area contributed by atoms with Crippen molar-refractivity contribution >= 4 is 22.4 Å². The number of anilines is 1. The summed E-state index contributed by atoms with van der Waals surface area (Å²) in [5.74, 6) is 0.724. The van der Waals surface area contributed by atoms with E-state index >= 15 is 0 Å². The molecule has 0 saturated heterocycles.